The van der Waals surface area contributed by atoms with Crippen LogP contribution >= 0.6 is 0 Å². The topological polar surface area (TPSA) is 62.4 Å². The van der Waals surface area contributed by atoms with E-state index in [0.29, 0.717) is 18.7 Å². The summed E-state index contributed by atoms with van der Waals surface area (Å²) in [5, 5.41) is 0.921. The summed E-state index contributed by atoms with van der Waals surface area (Å²) in [5.41, 5.74) is 3.29. The first kappa shape index (κ1) is 19.4. The van der Waals surface area contributed by atoms with Crippen LogP contribution in [0.1, 0.15) is 16.7 Å². The van der Waals surface area contributed by atoms with Crippen molar-refractivity contribution in [3.63, 3.8) is 0 Å². The number of nitrogens with one attached hydrogen (secondary N) is 1. The Bertz CT molecular complexity index is 1060. The second kappa shape index (κ2) is 8.57. The van der Waals surface area contributed by atoms with Crippen molar-refractivity contribution >= 4 is 22.9 Å². The smallest absolute Gasteiger partial charge is 0.255 e. The van der Waals surface area contributed by atoms with Crippen molar-refractivity contribution in [2.24, 2.45) is 0 Å². The predicted octanol–water partition coefficient (Wildman–Crippen LogP) is 3.70. The molecule has 0 fully saturated rings. The Morgan fingerprint density at radius 1 is 1.11 bits per heavy atom. The van der Waals surface area contributed by atoms with E-state index in [1.54, 1.807) is 24.1 Å². The van der Waals surface area contributed by atoms with Crippen LogP contribution in [0, 0.1) is 13.8 Å². The minimum Gasteiger partial charge on any atom is -0.492 e. The van der Waals surface area contributed by atoms with Gasteiger partial charge < -0.3 is 14.6 Å². The number of rotatable bonds is 6. The van der Waals surface area contributed by atoms with E-state index in [1.807, 2.05) is 50.2 Å². The molecule has 0 aliphatic heterocycles. The summed E-state index contributed by atoms with van der Waals surface area (Å²) in [6.07, 6.45) is 2.96. The van der Waals surface area contributed by atoms with Gasteiger partial charge in [-0.2, -0.15) is 0 Å². The first-order chi connectivity index (χ1) is 13.4. The fraction of sp³-hybridized carbons (Fsp3) is 0.217. The number of hydrogen-bond donors (Lipinski definition) is 1. The number of benzene rings is 2. The van der Waals surface area contributed by atoms with Crippen molar-refractivity contribution in [3.8, 4) is 5.75 Å². The first-order valence-corrected chi connectivity index (χ1v) is 9.19. The van der Waals surface area contributed by atoms with E-state index >= 15 is 0 Å². The standard InChI is InChI=1S/C23H24N2O3/c1-16-12-17(2)14-20(13-16)28-11-10-25(3)22(26)9-8-19-15-18-6-4-5-7-21(18)24-23(19)27/h4-9,12-15H,10-11H2,1-3H3,(H,24,27). The van der Waals surface area contributed by atoms with E-state index < -0.39 is 0 Å². The number of para-hydroxylation sites is 1. The summed E-state index contributed by atoms with van der Waals surface area (Å²) < 4.78 is 5.75. The van der Waals surface area contributed by atoms with Crippen molar-refractivity contribution in [2.75, 3.05) is 20.2 Å². The number of pyridine rings is 1. The number of aryl methyl sites for hydroxylation is 2. The van der Waals surface area contributed by atoms with Crippen LogP contribution in [-0.2, 0) is 4.79 Å². The van der Waals surface area contributed by atoms with Gasteiger partial charge in [0.25, 0.3) is 5.56 Å². The molecule has 0 unspecified atom stereocenters. The van der Waals surface area contributed by atoms with Crippen molar-refractivity contribution in [2.45, 2.75) is 13.8 Å². The van der Waals surface area contributed by atoms with Crippen molar-refractivity contribution < 1.29 is 9.53 Å². The zero-order chi connectivity index (χ0) is 20.1. The van der Waals surface area contributed by atoms with E-state index in [9.17, 15) is 9.59 Å². The average Bonchev–Trinajstić information content (AvgIpc) is 2.65. The number of aromatic amines is 1. The Kier molecular flexibility index (Phi) is 5.94. The van der Waals surface area contributed by atoms with Gasteiger partial charge in [-0.05, 0) is 60.7 Å². The molecule has 144 valence electrons. The van der Waals surface area contributed by atoms with E-state index in [2.05, 4.69) is 11.1 Å². The van der Waals surface area contributed by atoms with Gasteiger partial charge in [0.1, 0.15) is 12.4 Å². The molecule has 1 heterocycles. The number of likely N-dealkylation sites (N-methyl/N-ethyl adjacent to an activating group) is 1. The molecule has 1 aromatic heterocycles. The third-order valence-corrected chi connectivity index (χ3v) is 4.45. The number of nitrogens with zero attached hydrogens (tertiary/aromatic N) is 1. The largest absolute Gasteiger partial charge is 0.492 e. The maximum absolute atomic E-state index is 12.3. The second-order valence-electron chi connectivity index (χ2n) is 6.91. The van der Waals surface area contributed by atoms with Gasteiger partial charge in [0.15, 0.2) is 0 Å². The maximum Gasteiger partial charge on any atom is 0.255 e. The Hall–Kier alpha value is -3.34. The first-order valence-electron chi connectivity index (χ1n) is 9.19. The van der Waals surface area contributed by atoms with E-state index in [0.717, 1.165) is 27.8 Å². The number of carbonyl (C=O) groups is 1. The number of ether oxygens (including phenoxy) is 1. The van der Waals surface area contributed by atoms with Crippen LogP contribution in [0.2, 0.25) is 0 Å². The molecule has 1 N–H and O–H groups in total. The van der Waals surface area contributed by atoms with Crippen LogP contribution in [0.5, 0.6) is 5.75 Å². The number of hydrogen-bond acceptors (Lipinski definition) is 3. The fourth-order valence-corrected chi connectivity index (χ4v) is 3.00. The Balaban J connectivity index is 1.59. The Morgan fingerprint density at radius 3 is 2.57 bits per heavy atom. The number of H-pyrrole nitrogens is 1. The van der Waals surface area contributed by atoms with Gasteiger partial charge in [-0.25, -0.2) is 0 Å². The molecule has 28 heavy (non-hydrogen) atoms. The maximum atomic E-state index is 12.3. The predicted molar refractivity (Wildman–Crippen MR) is 113 cm³/mol. The fourth-order valence-electron chi connectivity index (χ4n) is 3.00. The van der Waals surface area contributed by atoms with Gasteiger partial charge in [0.2, 0.25) is 5.91 Å². The number of amides is 1. The van der Waals surface area contributed by atoms with Gasteiger partial charge >= 0.3 is 0 Å². The van der Waals surface area contributed by atoms with E-state index in [1.165, 1.54) is 6.08 Å². The second-order valence-corrected chi connectivity index (χ2v) is 6.91. The molecule has 0 atom stereocenters. The zero-order valence-electron chi connectivity index (χ0n) is 16.4. The molecule has 0 bridgehead atoms. The number of fused-ring (bicyclic) bond motifs is 1. The van der Waals surface area contributed by atoms with Crippen LogP contribution in [0.4, 0.5) is 0 Å². The molecule has 0 radical (unpaired) electrons. The minimum absolute atomic E-state index is 0.184. The molecule has 3 rings (SSSR count). The van der Waals surface area contributed by atoms with Gasteiger partial charge in [-0.15, -0.1) is 0 Å². The highest BCUT2D eigenvalue weighted by Crippen LogP contribution is 2.16. The Morgan fingerprint density at radius 2 is 1.82 bits per heavy atom. The third-order valence-electron chi connectivity index (χ3n) is 4.45. The Labute approximate surface area is 164 Å². The van der Waals surface area contributed by atoms with Crippen molar-refractivity contribution in [1.82, 2.24) is 9.88 Å². The van der Waals surface area contributed by atoms with Crippen LogP contribution < -0.4 is 10.3 Å². The number of aromatic nitrogens is 1. The van der Waals surface area contributed by atoms with Gasteiger partial charge in [0.05, 0.1) is 6.54 Å². The van der Waals surface area contributed by atoms with Crippen LogP contribution in [0.15, 0.2) is 59.4 Å². The summed E-state index contributed by atoms with van der Waals surface area (Å²) in [6.45, 7) is 4.89. The molecule has 0 spiro atoms. The van der Waals surface area contributed by atoms with Crippen LogP contribution in [-0.4, -0.2) is 36.0 Å². The highest BCUT2D eigenvalue weighted by Gasteiger charge is 2.06. The lowest BCUT2D eigenvalue weighted by Crippen LogP contribution is -2.29. The van der Waals surface area contributed by atoms with E-state index in [-0.39, 0.29) is 11.5 Å². The molecule has 3 aromatic rings. The average molecular weight is 376 g/mol. The summed E-state index contributed by atoms with van der Waals surface area (Å²) in [6, 6.07) is 15.3. The van der Waals surface area contributed by atoms with Gasteiger partial charge in [-0.1, -0.05) is 24.3 Å². The van der Waals surface area contributed by atoms with Gasteiger partial charge in [-0.3, -0.25) is 9.59 Å². The monoisotopic (exact) mass is 376 g/mol. The van der Waals surface area contributed by atoms with E-state index in [4.69, 9.17) is 4.74 Å². The molecule has 2 aromatic carbocycles. The highest BCUT2D eigenvalue weighted by atomic mass is 16.5. The van der Waals surface area contributed by atoms with Crippen molar-refractivity contribution in [1.29, 1.82) is 0 Å². The van der Waals surface area contributed by atoms with Crippen molar-refractivity contribution in [3.05, 3.63) is 81.7 Å². The lowest BCUT2D eigenvalue weighted by molar-refractivity contribution is -0.125. The van der Waals surface area contributed by atoms with Crippen LogP contribution in [0.25, 0.3) is 17.0 Å². The molecular formula is C23H24N2O3. The lowest BCUT2D eigenvalue weighted by atomic mass is 10.1. The zero-order valence-corrected chi connectivity index (χ0v) is 16.4. The third kappa shape index (κ3) is 4.88. The molecule has 5 nitrogen and oxygen atoms in total. The lowest BCUT2D eigenvalue weighted by Gasteiger charge is -2.16. The van der Waals surface area contributed by atoms with Gasteiger partial charge in [0, 0.05) is 24.2 Å². The summed E-state index contributed by atoms with van der Waals surface area (Å²) in [5.74, 6) is 0.619. The normalized spacial score (nSPS) is 11.1. The quantitative estimate of drug-likeness (QED) is 0.668. The highest BCUT2D eigenvalue weighted by molar-refractivity contribution is 5.92. The molecule has 0 saturated heterocycles. The summed E-state index contributed by atoms with van der Waals surface area (Å²) >= 11 is 0. The minimum atomic E-state index is -0.219. The summed E-state index contributed by atoms with van der Waals surface area (Å²) in [7, 11) is 1.71. The molecule has 0 aliphatic rings. The molecule has 0 saturated carbocycles. The SMILES string of the molecule is Cc1cc(C)cc(OCCN(C)C(=O)C=Cc2cc3ccccc3[nH]c2=O)c1. The molecule has 1 amide bonds. The summed E-state index contributed by atoms with van der Waals surface area (Å²) in [4.78, 5) is 28.8. The van der Waals surface area contributed by atoms with Crippen LogP contribution in [0.3, 0.4) is 0 Å². The number of carbonyl (C=O) groups excluding carboxylic acids is 1. The molecular weight excluding hydrogens is 352 g/mol. The molecule has 5 heteroatoms. The molecule has 0 aliphatic carbocycles.